The number of benzene rings is 1. The Balaban J connectivity index is 2.53. The molecule has 3 aromatic rings. The van der Waals surface area contributed by atoms with Crippen molar-refractivity contribution in [2.24, 2.45) is 0 Å². The Kier molecular flexibility index (Phi) is 3.67. The Morgan fingerprint density at radius 3 is 2.32 bits per heavy atom. The van der Waals surface area contributed by atoms with Crippen molar-refractivity contribution in [2.45, 2.75) is 6.18 Å². The van der Waals surface area contributed by atoms with Crippen LogP contribution in [-0.2, 0) is 6.18 Å². The van der Waals surface area contributed by atoms with Crippen molar-refractivity contribution in [3.8, 4) is 11.4 Å². The van der Waals surface area contributed by atoms with E-state index in [0.717, 1.165) is 6.07 Å². The van der Waals surface area contributed by atoms with Gasteiger partial charge in [0, 0.05) is 0 Å². The van der Waals surface area contributed by atoms with E-state index >= 15 is 0 Å². The van der Waals surface area contributed by atoms with Crippen LogP contribution in [0.5, 0.6) is 5.75 Å². The maximum Gasteiger partial charge on any atom is 0.433 e. The minimum absolute atomic E-state index is 0.0763. The van der Waals surface area contributed by atoms with Crippen molar-refractivity contribution < 1.29 is 23.2 Å². The minimum atomic E-state index is -4.79. The van der Waals surface area contributed by atoms with E-state index in [0.29, 0.717) is 10.6 Å². The molecule has 0 fully saturated rings. The summed E-state index contributed by atoms with van der Waals surface area (Å²) in [7, 11) is 0. The van der Waals surface area contributed by atoms with E-state index in [1.54, 1.807) is 6.07 Å². The number of hydrogen-bond acceptors (Lipinski definition) is 5. The van der Waals surface area contributed by atoms with Gasteiger partial charge in [-0.25, -0.2) is 4.98 Å². The van der Waals surface area contributed by atoms with Crippen molar-refractivity contribution in [1.29, 1.82) is 0 Å². The largest absolute Gasteiger partial charge is 0.501 e. The first-order valence-corrected chi connectivity index (χ1v) is 6.77. The summed E-state index contributed by atoms with van der Waals surface area (Å²) in [5, 5.41) is 20.8. The van der Waals surface area contributed by atoms with Crippen LogP contribution in [0.25, 0.3) is 16.7 Å². The van der Waals surface area contributed by atoms with Gasteiger partial charge < -0.3 is 5.11 Å². The molecule has 0 unspecified atom stereocenters. The van der Waals surface area contributed by atoms with E-state index in [4.69, 9.17) is 0 Å². The lowest BCUT2D eigenvalue weighted by Gasteiger charge is -2.13. The first-order chi connectivity index (χ1) is 11.7. The van der Waals surface area contributed by atoms with Gasteiger partial charge in [0.05, 0.1) is 16.0 Å². The molecule has 10 heteroatoms. The molecule has 2 aromatic heterocycles. The Morgan fingerprint density at radius 1 is 1.12 bits per heavy atom. The molecule has 0 bridgehead atoms. The summed E-state index contributed by atoms with van der Waals surface area (Å²) in [6.45, 7) is 0. The quantitative estimate of drug-likeness (QED) is 0.565. The molecular formula is C15H8F3N3O4. The number of nitro groups is 1. The molecule has 0 aliphatic rings. The second-order valence-corrected chi connectivity index (χ2v) is 5.00. The van der Waals surface area contributed by atoms with E-state index < -0.39 is 39.4 Å². The maximum absolute atomic E-state index is 12.9. The molecule has 7 nitrogen and oxygen atoms in total. The molecule has 0 amide bonds. The van der Waals surface area contributed by atoms with Crippen molar-refractivity contribution >= 4 is 16.7 Å². The molecule has 0 atom stereocenters. The molecule has 3 rings (SSSR count). The molecule has 0 aliphatic carbocycles. The monoisotopic (exact) mass is 351 g/mol. The van der Waals surface area contributed by atoms with Crippen molar-refractivity contribution in [1.82, 2.24) is 9.55 Å². The third-order valence-corrected chi connectivity index (χ3v) is 3.46. The van der Waals surface area contributed by atoms with E-state index in [9.17, 15) is 33.2 Å². The van der Waals surface area contributed by atoms with Crippen LogP contribution in [0.3, 0.4) is 0 Å². The van der Waals surface area contributed by atoms with Crippen LogP contribution < -0.4 is 5.56 Å². The molecule has 2 heterocycles. The highest BCUT2D eigenvalue weighted by molar-refractivity contribution is 5.87. The summed E-state index contributed by atoms with van der Waals surface area (Å²) in [5.74, 6) is -1.03. The van der Waals surface area contributed by atoms with Crippen LogP contribution in [0.1, 0.15) is 5.69 Å². The summed E-state index contributed by atoms with van der Waals surface area (Å²) in [6.07, 6.45) is -4.79. The predicted octanol–water partition coefficient (Wildman–Crippen LogP) is 3.02. The standard InChI is InChI=1S/C15H8F3N3O4/c16-15(17,18)10-7-6-9-12(22)11(21(24)25)14(23)20(13(9)19-10)8-4-2-1-3-5-8/h1-7,22H. The van der Waals surface area contributed by atoms with Crippen LogP contribution in [0, 0.1) is 10.1 Å². The Hall–Kier alpha value is -3.43. The fourth-order valence-corrected chi connectivity index (χ4v) is 2.37. The van der Waals surface area contributed by atoms with Gasteiger partial charge in [0.15, 0.2) is 5.65 Å². The summed E-state index contributed by atoms with van der Waals surface area (Å²) < 4.78 is 39.5. The minimum Gasteiger partial charge on any atom is -0.501 e. The number of halogens is 3. The van der Waals surface area contributed by atoms with E-state index in [-0.39, 0.29) is 11.1 Å². The number of aromatic nitrogens is 2. The summed E-state index contributed by atoms with van der Waals surface area (Å²) in [5.41, 5.74) is -4.18. The Bertz CT molecular complexity index is 1050. The van der Waals surface area contributed by atoms with Gasteiger partial charge in [0.1, 0.15) is 5.69 Å². The molecule has 0 radical (unpaired) electrons. The molecule has 0 saturated carbocycles. The van der Waals surface area contributed by atoms with Gasteiger partial charge in [-0.05, 0) is 24.3 Å². The zero-order valence-corrected chi connectivity index (χ0v) is 12.2. The third kappa shape index (κ3) is 2.67. The Labute approximate surface area is 136 Å². The van der Waals surface area contributed by atoms with Crippen molar-refractivity contribution in [3.05, 3.63) is 68.6 Å². The number of rotatable bonds is 2. The fraction of sp³-hybridized carbons (Fsp3) is 0.0667. The molecule has 128 valence electrons. The Morgan fingerprint density at radius 2 is 1.76 bits per heavy atom. The second kappa shape index (κ2) is 5.58. The molecule has 25 heavy (non-hydrogen) atoms. The number of nitrogens with zero attached hydrogens (tertiary/aromatic N) is 3. The number of fused-ring (bicyclic) bond motifs is 1. The molecular weight excluding hydrogens is 343 g/mol. The SMILES string of the molecule is O=c1c([N+](=O)[O-])c(O)c2ccc(C(F)(F)F)nc2n1-c1ccccc1. The van der Waals surface area contributed by atoms with Crippen LogP contribution in [0.2, 0.25) is 0 Å². The van der Waals surface area contributed by atoms with E-state index in [1.165, 1.54) is 24.3 Å². The van der Waals surface area contributed by atoms with Gasteiger partial charge in [-0.3, -0.25) is 19.5 Å². The zero-order chi connectivity index (χ0) is 18.4. The highest BCUT2D eigenvalue weighted by Crippen LogP contribution is 2.34. The first-order valence-electron chi connectivity index (χ1n) is 6.77. The summed E-state index contributed by atoms with van der Waals surface area (Å²) in [6, 6.07) is 8.77. The maximum atomic E-state index is 12.9. The molecule has 0 spiro atoms. The topological polar surface area (TPSA) is 98.3 Å². The highest BCUT2D eigenvalue weighted by atomic mass is 19.4. The number of para-hydroxylation sites is 1. The first kappa shape index (κ1) is 16.4. The van der Waals surface area contributed by atoms with Gasteiger partial charge in [-0.2, -0.15) is 13.2 Å². The average molecular weight is 351 g/mol. The lowest BCUT2D eigenvalue weighted by Crippen LogP contribution is -2.23. The lowest BCUT2D eigenvalue weighted by atomic mass is 10.2. The van der Waals surface area contributed by atoms with Crippen molar-refractivity contribution in [3.63, 3.8) is 0 Å². The molecule has 0 aliphatic heterocycles. The normalized spacial score (nSPS) is 11.6. The smallest absolute Gasteiger partial charge is 0.433 e. The van der Waals surface area contributed by atoms with Crippen molar-refractivity contribution in [2.75, 3.05) is 0 Å². The van der Waals surface area contributed by atoms with Gasteiger partial charge in [0.2, 0.25) is 5.75 Å². The lowest BCUT2D eigenvalue weighted by molar-refractivity contribution is -0.387. The highest BCUT2D eigenvalue weighted by Gasteiger charge is 2.34. The second-order valence-electron chi connectivity index (χ2n) is 5.00. The van der Waals surface area contributed by atoms with Crippen LogP contribution >= 0.6 is 0 Å². The van der Waals surface area contributed by atoms with E-state index in [2.05, 4.69) is 4.98 Å². The number of alkyl halides is 3. The number of aromatic hydroxyl groups is 1. The van der Waals surface area contributed by atoms with E-state index in [1.807, 2.05) is 0 Å². The fourth-order valence-electron chi connectivity index (χ4n) is 2.37. The molecule has 1 aromatic carbocycles. The number of hydrogen-bond donors (Lipinski definition) is 1. The van der Waals surface area contributed by atoms with Gasteiger partial charge in [0.25, 0.3) is 0 Å². The van der Waals surface area contributed by atoms with Crippen LogP contribution in [0.15, 0.2) is 47.3 Å². The van der Waals surface area contributed by atoms with Gasteiger partial charge in [-0.15, -0.1) is 0 Å². The molecule has 1 N–H and O–H groups in total. The predicted molar refractivity (Wildman–Crippen MR) is 80.7 cm³/mol. The van der Waals surface area contributed by atoms with Gasteiger partial charge in [-0.1, -0.05) is 18.2 Å². The molecule has 0 saturated heterocycles. The summed E-state index contributed by atoms with van der Waals surface area (Å²) in [4.78, 5) is 25.9. The number of pyridine rings is 2. The third-order valence-electron chi connectivity index (χ3n) is 3.46. The average Bonchev–Trinajstić information content (AvgIpc) is 2.54. The van der Waals surface area contributed by atoms with Crippen LogP contribution in [-0.4, -0.2) is 19.6 Å². The van der Waals surface area contributed by atoms with Crippen LogP contribution in [0.4, 0.5) is 18.9 Å². The van der Waals surface area contributed by atoms with Gasteiger partial charge >= 0.3 is 17.4 Å². The zero-order valence-electron chi connectivity index (χ0n) is 12.2. The summed E-state index contributed by atoms with van der Waals surface area (Å²) >= 11 is 0.